The maximum absolute atomic E-state index is 14.1. The summed E-state index contributed by atoms with van der Waals surface area (Å²) in [6.07, 6.45) is 0. The Labute approximate surface area is 226 Å². The molecule has 200 valence electrons. The first-order chi connectivity index (χ1) is 18.3. The number of anilines is 1. The van der Waals surface area contributed by atoms with E-state index in [2.05, 4.69) is 5.32 Å². The van der Waals surface area contributed by atoms with Crippen LogP contribution in [0.5, 0.6) is 28.7 Å². The number of benzene rings is 3. The monoisotopic (exact) mass is 540 g/mol. The average Bonchev–Trinajstić information content (AvgIpc) is 2.93. The molecule has 2 atom stereocenters. The van der Waals surface area contributed by atoms with Crippen LogP contribution >= 0.6 is 11.6 Å². The number of carbonyl (C=O) groups excluding carboxylic acids is 2. The number of halogens is 1. The summed E-state index contributed by atoms with van der Waals surface area (Å²) in [6.45, 7) is 0. The molecule has 1 heterocycles. The van der Waals surface area contributed by atoms with Crippen molar-refractivity contribution in [2.24, 2.45) is 0 Å². The highest BCUT2D eigenvalue weighted by Gasteiger charge is 2.44. The van der Waals surface area contributed by atoms with E-state index in [1.807, 2.05) is 6.07 Å². The largest absolute Gasteiger partial charge is 0.495 e. The number of fused-ring (bicyclic) bond motifs is 1. The molecule has 0 spiro atoms. The molecule has 0 bridgehead atoms. The van der Waals surface area contributed by atoms with E-state index in [1.165, 1.54) is 33.3 Å². The van der Waals surface area contributed by atoms with Gasteiger partial charge in [-0.25, -0.2) is 0 Å². The molecule has 1 aliphatic heterocycles. The van der Waals surface area contributed by atoms with Gasteiger partial charge >= 0.3 is 0 Å². The smallest absolute Gasteiger partial charge is 0.254 e. The lowest BCUT2D eigenvalue weighted by atomic mass is 9.79. The van der Waals surface area contributed by atoms with E-state index in [0.717, 1.165) is 0 Å². The molecule has 0 unspecified atom stereocenters. The van der Waals surface area contributed by atoms with E-state index in [1.54, 1.807) is 56.6 Å². The lowest BCUT2D eigenvalue weighted by Gasteiger charge is -2.40. The van der Waals surface area contributed by atoms with Gasteiger partial charge in [0.1, 0.15) is 5.75 Å². The van der Waals surface area contributed by atoms with Gasteiger partial charge in [-0.05, 0) is 53.6 Å². The van der Waals surface area contributed by atoms with Gasteiger partial charge in [0.05, 0.1) is 53.2 Å². The van der Waals surface area contributed by atoms with Gasteiger partial charge in [-0.2, -0.15) is 0 Å². The summed E-state index contributed by atoms with van der Waals surface area (Å²) in [5.41, 5.74) is 1.90. The van der Waals surface area contributed by atoms with Crippen LogP contribution < -0.4 is 29.0 Å². The highest BCUT2D eigenvalue weighted by atomic mass is 35.5. The van der Waals surface area contributed by atoms with Crippen molar-refractivity contribution in [2.45, 2.75) is 12.0 Å². The summed E-state index contributed by atoms with van der Waals surface area (Å²) in [7, 11) is 9.22. The molecule has 1 N–H and O–H groups in total. The number of nitrogens with zero attached hydrogens (tertiary/aromatic N) is 1. The van der Waals surface area contributed by atoms with Gasteiger partial charge in [-0.1, -0.05) is 17.7 Å². The Morgan fingerprint density at radius 2 is 1.37 bits per heavy atom. The number of hydrogen-bond acceptors (Lipinski definition) is 7. The molecule has 0 fully saturated rings. The van der Waals surface area contributed by atoms with Gasteiger partial charge in [0, 0.05) is 17.6 Å². The van der Waals surface area contributed by atoms with E-state index in [9.17, 15) is 9.59 Å². The minimum Gasteiger partial charge on any atom is -0.495 e. The highest BCUT2D eigenvalue weighted by molar-refractivity contribution is 6.31. The Balaban J connectivity index is 1.92. The first-order valence-electron chi connectivity index (χ1n) is 11.7. The van der Waals surface area contributed by atoms with Crippen LogP contribution in [0.4, 0.5) is 5.69 Å². The second kappa shape index (κ2) is 11.1. The predicted octanol–water partition coefficient (Wildman–Crippen LogP) is 4.93. The zero-order valence-electron chi connectivity index (χ0n) is 22.0. The third-order valence-corrected chi connectivity index (χ3v) is 6.86. The topological polar surface area (TPSA) is 95.6 Å². The van der Waals surface area contributed by atoms with Gasteiger partial charge < -0.3 is 33.9 Å². The van der Waals surface area contributed by atoms with Crippen molar-refractivity contribution in [1.29, 1.82) is 0 Å². The van der Waals surface area contributed by atoms with Crippen molar-refractivity contribution < 1.29 is 33.3 Å². The van der Waals surface area contributed by atoms with Crippen LogP contribution in [0, 0.1) is 0 Å². The maximum atomic E-state index is 14.1. The van der Waals surface area contributed by atoms with Crippen molar-refractivity contribution in [3.63, 3.8) is 0 Å². The van der Waals surface area contributed by atoms with Gasteiger partial charge in [-0.3, -0.25) is 9.59 Å². The van der Waals surface area contributed by atoms with E-state index >= 15 is 0 Å². The van der Waals surface area contributed by atoms with Gasteiger partial charge in [-0.15, -0.1) is 0 Å². The normalized spacial score (nSPS) is 16.4. The molecule has 0 aliphatic carbocycles. The molecular formula is C28H29ClN2O7. The van der Waals surface area contributed by atoms with Crippen molar-refractivity contribution >= 4 is 29.1 Å². The Bertz CT molecular complexity index is 1380. The summed E-state index contributed by atoms with van der Waals surface area (Å²) in [4.78, 5) is 29.3. The molecule has 0 saturated carbocycles. The summed E-state index contributed by atoms with van der Waals surface area (Å²) in [6, 6.07) is 12.8. The molecule has 1 aliphatic rings. The van der Waals surface area contributed by atoms with Crippen molar-refractivity contribution in [3.05, 3.63) is 70.2 Å². The number of ether oxygens (including phenoxy) is 5. The molecule has 3 aromatic carbocycles. The summed E-state index contributed by atoms with van der Waals surface area (Å²) in [5, 5.41) is 3.38. The standard InChI is InChI=1S/C28H29ClN2O7/c1-31-26(15-7-9-21(35-3)22(11-15)36-4)25(27(32)30-19-12-16(29)8-10-20(19)34-2)17-13-23(37-5)24(38-6)14-18(17)28(31)33/h7-14,25-26H,1-6H3,(H,30,32)/t25-,26-/m1/s1. The molecule has 10 heteroatoms. The minimum absolute atomic E-state index is 0.273. The summed E-state index contributed by atoms with van der Waals surface area (Å²) >= 11 is 6.21. The molecular weight excluding hydrogens is 512 g/mol. The van der Waals surface area contributed by atoms with Gasteiger partial charge in [0.15, 0.2) is 23.0 Å². The van der Waals surface area contributed by atoms with Crippen LogP contribution in [-0.4, -0.2) is 59.3 Å². The molecule has 3 aromatic rings. The predicted molar refractivity (Wildman–Crippen MR) is 143 cm³/mol. The lowest BCUT2D eigenvalue weighted by Crippen LogP contribution is -2.44. The number of hydrogen-bond donors (Lipinski definition) is 1. The fourth-order valence-electron chi connectivity index (χ4n) is 4.77. The highest BCUT2D eigenvalue weighted by Crippen LogP contribution is 2.47. The number of amides is 2. The summed E-state index contributed by atoms with van der Waals surface area (Å²) < 4.78 is 27.3. The fourth-order valence-corrected chi connectivity index (χ4v) is 4.95. The Hall–Kier alpha value is -4.11. The molecule has 0 aromatic heterocycles. The Kier molecular flexibility index (Phi) is 7.87. The third-order valence-electron chi connectivity index (χ3n) is 6.63. The van der Waals surface area contributed by atoms with E-state index < -0.39 is 12.0 Å². The molecule has 38 heavy (non-hydrogen) atoms. The summed E-state index contributed by atoms with van der Waals surface area (Å²) in [5.74, 6) is 0.717. The van der Waals surface area contributed by atoms with Crippen LogP contribution in [0.15, 0.2) is 48.5 Å². The number of methoxy groups -OCH3 is 5. The number of carbonyl (C=O) groups is 2. The lowest BCUT2D eigenvalue weighted by molar-refractivity contribution is -0.119. The fraction of sp³-hybridized carbons (Fsp3) is 0.286. The third kappa shape index (κ3) is 4.77. The maximum Gasteiger partial charge on any atom is 0.254 e. The Morgan fingerprint density at radius 3 is 2.00 bits per heavy atom. The van der Waals surface area contributed by atoms with Gasteiger partial charge in [0.25, 0.3) is 5.91 Å². The molecule has 9 nitrogen and oxygen atoms in total. The van der Waals surface area contributed by atoms with Crippen molar-refractivity contribution in [1.82, 2.24) is 4.90 Å². The van der Waals surface area contributed by atoms with E-state index in [4.69, 9.17) is 35.3 Å². The van der Waals surface area contributed by atoms with E-state index in [-0.39, 0.29) is 11.8 Å². The number of rotatable bonds is 8. The van der Waals surface area contributed by atoms with Crippen molar-refractivity contribution in [2.75, 3.05) is 47.9 Å². The minimum atomic E-state index is -0.853. The van der Waals surface area contributed by atoms with Crippen LogP contribution in [0.1, 0.15) is 33.4 Å². The number of likely N-dealkylation sites (N-methyl/N-ethyl adjacent to an activating group) is 1. The van der Waals surface area contributed by atoms with Gasteiger partial charge in [0.2, 0.25) is 5.91 Å². The zero-order valence-corrected chi connectivity index (χ0v) is 22.7. The number of nitrogens with one attached hydrogen (secondary N) is 1. The van der Waals surface area contributed by atoms with Crippen LogP contribution in [0.2, 0.25) is 5.02 Å². The zero-order chi connectivity index (χ0) is 27.6. The van der Waals surface area contributed by atoms with Crippen molar-refractivity contribution in [3.8, 4) is 28.7 Å². The average molecular weight is 541 g/mol. The quantitative estimate of drug-likeness (QED) is 0.432. The second-order valence-electron chi connectivity index (χ2n) is 8.58. The SMILES string of the molecule is COc1ccc(Cl)cc1NC(=O)[C@@H]1c2cc(OC)c(OC)cc2C(=O)N(C)[C@@H]1c1ccc(OC)c(OC)c1. The van der Waals surface area contributed by atoms with E-state index in [0.29, 0.717) is 56.1 Å². The molecule has 0 radical (unpaired) electrons. The Morgan fingerprint density at radius 1 is 0.789 bits per heavy atom. The molecule has 0 saturated heterocycles. The first kappa shape index (κ1) is 26.9. The first-order valence-corrected chi connectivity index (χ1v) is 12.0. The molecule has 4 rings (SSSR count). The van der Waals surface area contributed by atoms with Crippen LogP contribution in [0.3, 0.4) is 0 Å². The molecule has 2 amide bonds. The van der Waals surface area contributed by atoms with Crippen LogP contribution in [0.25, 0.3) is 0 Å². The van der Waals surface area contributed by atoms with Crippen LogP contribution in [-0.2, 0) is 4.79 Å². The second-order valence-corrected chi connectivity index (χ2v) is 9.02.